The highest BCUT2D eigenvalue weighted by molar-refractivity contribution is 7.08. The van der Waals surface area contributed by atoms with E-state index in [1.165, 1.54) is 4.68 Å². The highest BCUT2D eigenvalue weighted by atomic mass is 35.5. The molecular weight excluding hydrogens is 357 g/mol. The van der Waals surface area contributed by atoms with Gasteiger partial charge in [0.15, 0.2) is 0 Å². The van der Waals surface area contributed by atoms with Crippen LogP contribution in [-0.2, 0) is 11.3 Å². The van der Waals surface area contributed by atoms with E-state index in [9.17, 15) is 9.59 Å². The van der Waals surface area contributed by atoms with Crippen molar-refractivity contribution in [1.82, 2.24) is 14.7 Å². The fraction of sp³-hybridized carbons (Fsp3) is 0.400. The predicted molar refractivity (Wildman–Crippen MR) is 91.3 cm³/mol. The van der Waals surface area contributed by atoms with Crippen molar-refractivity contribution in [1.29, 1.82) is 0 Å². The van der Waals surface area contributed by atoms with E-state index in [-0.39, 0.29) is 23.4 Å². The number of aromatic nitrogens is 2. The number of likely N-dealkylation sites (tertiary alicyclic amines) is 1. The van der Waals surface area contributed by atoms with E-state index in [2.05, 4.69) is 5.10 Å². The Morgan fingerprint density at radius 2 is 2.17 bits per heavy atom. The van der Waals surface area contributed by atoms with Crippen molar-refractivity contribution in [2.24, 2.45) is 0 Å². The molecule has 1 aliphatic rings. The number of hydrogen-bond acceptors (Lipinski definition) is 4. The first-order chi connectivity index (χ1) is 11.0. The monoisotopic (exact) mass is 371 g/mol. The summed E-state index contributed by atoms with van der Waals surface area (Å²) in [5.74, 6) is -0.106. The summed E-state index contributed by atoms with van der Waals surface area (Å²) < 4.78 is 1.23. The lowest BCUT2D eigenvalue weighted by atomic mass is 10.0. The average Bonchev–Trinajstić information content (AvgIpc) is 3.09. The molecule has 3 rings (SSSR count). The van der Waals surface area contributed by atoms with Crippen molar-refractivity contribution in [3.8, 4) is 0 Å². The van der Waals surface area contributed by atoms with Gasteiger partial charge < -0.3 is 4.90 Å². The Labute approximate surface area is 147 Å². The summed E-state index contributed by atoms with van der Waals surface area (Å²) in [6.07, 6.45) is 1.79. The second-order valence-corrected chi connectivity index (χ2v) is 7.42. The number of amides is 1. The Kier molecular flexibility index (Phi) is 4.75. The fourth-order valence-electron chi connectivity index (χ4n) is 2.86. The van der Waals surface area contributed by atoms with Gasteiger partial charge in [-0.2, -0.15) is 5.10 Å². The largest absolute Gasteiger partial charge is 0.334 e. The first-order valence-electron chi connectivity index (χ1n) is 7.24. The third-order valence-corrected chi connectivity index (χ3v) is 5.40. The Morgan fingerprint density at radius 3 is 2.83 bits per heavy atom. The van der Waals surface area contributed by atoms with Crippen molar-refractivity contribution in [2.45, 2.75) is 32.4 Å². The Bertz CT molecular complexity index is 802. The molecular formula is C15H15Cl2N3O2S. The molecule has 5 nitrogen and oxygen atoms in total. The van der Waals surface area contributed by atoms with Crippen molar-refractivity contribution in [3.05, 3.63) is 48.5 Å². The number of rotatable bonds is 3. The standard InChI is InChI=1S/C15H15Cl2N3O2S/c1-9-18-20(15(22)23-9)8-14(21)19-6-2-3-13(19)10-4-5-11(16)12(17)7-10/h4-5,7,13H,2-3,6,8H2,1H3. The Hall–Kier alpha value is -1.37. The SMILES string of the molecule is Cc1nn(CC(=O)N2CCCC2c2ccc(Cl)c(Cl)c2)c(=O)s1. The maximum absolute atomic E-state index is 12.6. The molecule has 1 aliphatic heterocycles. The number of carbonyl (C=O) groups is 1. The number of hydrogen-bond donors (Lipinski definition) is 0. The van der Waals surface area contributed by atoms with Crippen LogP contribution in [0.5, 0.6) is 0 Å². The van der Waals surface area contributed by atoms with Gasteiger partial charge in [-0.05, 0) is 37.5 Å². The molecule has 1 atom stereocenters. The van der Waals surface area contributed by atoms with Crippen LogP contribution in [0.15, 0.2) is 23.0 Å². The molecule has 8 heteroatoms. The van der Waals surface area contributed by atoms with Crippen molar-refractivity contribution < 1.29 is 4.79 Å². The molecule has 0 radical (unpaired) electrons. The summed E-state index contributed by atoms with van der Waals surface area (Å²) in [4.78, 5) is 25.9. The summed E-state index contributed by atoms with van der Waals surface area (Å²) in [5, 5.41) is 5.72. The quantitative estimate of drug-likeness (QED) is 0.831. The highest BCUT2D eigenvalue weighted by Crippen LogP contribution is 2.35. The molecule has 122 valence electrons. The van der Waals surface area contributed by atoms with Gasteiger partial charge in [-0.3, -0.25) is 9.59 Å². The third kappa shape index (κ3) is 3.44. The summed E-state index contributed by atoms with van der Waals surface area (Å²) in [6.45, 7) is 2.39. The zero-order valence-electron chi connectivity index (χ0n) is 12.5. The zero-order valence-corrected chi connectivity index (χ0v) is 14.8. The van der Waals surface area contributed by atoms with Gasteiger partial charge in [-0.1, -0.05) is 40.6 Å². The van der Waals surface area contributed by atoms with E-state index in [0.29, 0.717) is 21.6 Å². The fourth-order valence-corrected chi connectivity index (χ4v) is 3.77. The van der Waals surface area contributed by atoms with Gasteiger partial charge in [0, 0.05) is 6.54 Å². The lowest BCUT2D eigenvalue weighted by Crippen LogP contribution is -2.35. The lowest BCUT2D eigenvalue weighted by molar-refractivity contribution is -0.133. The second kappa shape index (κ2) is 6.63. The van der Waals surface area contributed by atoms with E-state index in [1.54, 1.807) is 24.0 Å². The van der Waals surface area contributed by atoms with Crippen molar-refractivity contribution in [3.63, 3.8) is 0 Å². The van der Waals surface area contributed by atoms with Crippen LogP contribution in [0.4, 0.5) is 0 Å². The molecule has 1 saturated heterocycles. The minimum absolute atomic E-state index is 0.0268. The van der Waals surface area contributed by atoms with Gasteiger partial charge in [0.05, 0.1) is 16.1 Å². The van der Waals surface area contributed by atoms with Gasteiger partial charge >= 0.3 is 4.87 Å². The molecule has 0 spiro atoms. The van der Waals surface area contributed by atoms with Crippen LogP contribution in [0.3, 0.4) is 0 Å². The first kappa shape index (κ1) is 16.5. The van der Waals surface area contributed by atoms with Gasteiger partial charge in [-0.25, -0.2) is 4.68 Å². The topological polar surface area (TPSA) is 55.2 Å². The maximum Gasteiger partial charge on any atom is 0.325 e. The molecule has 1 unspecified atom stereocenters. The van der Waals surface area contributed by atoms with Gasteiger partial charge in [-0.15, -0.1) is 0 Å². The molecule has 0 bridgehead atoms. The van der Waals surface area contributed by atoms with Crippen LogP contribution < -0.4 is 4.87 Å². The van der Waals surface area contributed by atoms with Crippen LogP contribution >= 0.6 is 34.5 Å². The average molecular weight is 372 g/mol. The minimum atomic E-state index is -0.207. The summed E-state index contributed by atoms with van der Waals surface area (Å²) in [7, 11) is 0. The number of benzene rings is 1. The number of halogens is 2. The van der Waals surface area contributed by atoms with E-state index in [0.717, 1.165) is 29.7 Å². The molecule has 2 heterocycles. The van der Waals surface area contributed by atoms with Crippen LogP contribution in [0.2, 0.25) is 10.0 Å². The molecule has 23 heavy (non-hydrogen) atoms. The van der Waals surface area contributed by atoms with Gasteiger partial charge in [0.25, 0.3) is 0 Å². The number of nitrogens with zero attached hydrogens (tertiary/aromatic N) is 3. The first-order valence-corrected chi connectivity index (χ1v) is 8.82. The van der Waals surface area contributed by atoms with Crippen LogP contribution in [0.1, 0.15) is 29.5 Å². The maximum atomic E-state index is 12.6. The molecule has 0 saturated carbocycles. The predicted octanol–water partition coefficient (Wildman–Crippen LogP) is 3.28. The highest BCUT2D eigenvalue weighted by Gasteiger charge is 2.30. The molecule has 1 amide bonds. The Morgan fingerprint density at radius 1 is 1.39 bits per heavy atom. The van der Waals surface area contributed by atoms with Crippen LogP contribution in [-0.4, -0.2) is 27.1 Å². The zero-order chi connectivity index (χ0) is 16.6. The van der Waals surface area contributed by atoms with Crippen LogP contribution in [0.25, 0.3) is 0 Å². The van der Waals surface area contributed by atoms with E-state index < -0.39 is 0 Å². The van der Waals surface area contributed by atoms with E-state index >= 15 is 0 Å². The minimum Gasteiger partial charge on any atom is -0.334 e. The van der Waals surface area contributed by atoms with E-state index in [4.69, 9.17) is 23.2 Å². The van der Waals surface area contributed by atoms with Crippen LogP contribution in [0, 0.1) is 6.92 Å². The molecule has 1 aromatic carbocycles. The smallest absolute Gasteiger partial charge is 0.325 e. The normalized spacial score (nSPS) is 17.7. The summed E-state index contributed by atoms with van der Waals surface area (Å²) in [6, 6.07) is 5.41. The molecule has 0 aliphatic carbocycles. The lowest BCUT2D eigenvalue weighted by Gasteiger charge is -2.25. The van der Waals surface area contributed by atoms with Crippen molar-refractivity contribution in [2.75, 3.05) is 6.54 Å². The third-order valence-electron chi connectivity index (χ3n) is 3.89. The van der Waals surface area contributed by atoms with E-state index in [1.807, 2.05) is 6.07 Å². The number of carbonyl (C=O) groups excluding carboxylic acids is 1. The second-order valence-electron chi connectivity index (χ2n) is 5.46. The van der Waals surface area contributed by atoms with Gasteiger partial charge in [0.1, 0.15) is 11.6 Å². The number of aryl methyl sites for hydroxylation is 1. The molecule has 0 N–H and O–H groups in total. The van der Waals surface area contributed by atoms with Crippen molar-refractivity contribution >= 4 is 40.4 Å². The Balaban J connectivity index is 1.80. The molecule has 2 aromatic rings. The molecule has 1 aromatic heterocycles. The summed E-state index contributed by atoms with van der Waals surface area (Å²) >= 11 is 13.1. The summed E-state index contributed by atoms with van der Waals surface area (Å²) in [5.41, 5.74) is 0.965. The van der Waals surface area contributed by atoms with Gasteiger partial charge in [0.2, 0.25) is 5.91 Å². The molecule has 1 fully saturated rings.